The van der Waals surface area contributed by atoms with E-state index in [-0.39, 0.29) is 6.73 Å². The zero-order valence-electron chi connectivity index (χ0n) is 28.0. The second kappa shape index (κ2) is 14.8. The van der Waals surface area contributed by atoms with Crippen molar-refractivity contribution >= 4 is 69.7 Å². The van der Waals surface area contributed by atoms with E-state index in [2.05, 4.69) is 31.5 Å². The van der Waals surface area contributed by atoms with Gasteiger partial charge in [-0.25, -0.2) is 9.59 Å². The zero-order valence-corrected chi connectivity index (χ0v) is 31.4. The maximum atomic E-state index is 13.5. The first-order valence-corrected chi connectivity index (χ1v) is 21.0. The van der Waals surface area contributed by atoms with Gasteiger partial charge in [-0.2, -0.15) is 4.37 Å². The molecule has 1 atom stereocenters. The van der Waals surface area contributed by atoms with Gasteiger partial charge in [-0.1, -0.05) is 31.6 Å². The molecule has 3 heterocycles. The van der Waals surface area contributed by atoms with Crippen molar-refractivity contribution in [3.63, 3.8) is 0 Å². The van der Waals surface area contributed by atoms with Gasteiger partial charge in [0.1, 0.15) is 34.5 Å². The number of carbonyl (C=O) groups is 2. The second-order valence-corrected chi connectivity index (χ2v) is 22.4. The number of nitrogens with zero attached hydrogens (tertiary/aromatic N) is 3. The number of aryl methyl sites for hydroxylation is 1. The summed E-state index contributed by atoms with van der Waals surface area (Å²) in [6.45, 7) is 22.9. The third-order valence-corrected chi connectivity index (χ3v) is 11.2. The van der Waals surface area contributed by atoms with Gasteiger partial charge in [0.2, 0.25) is 0 Å². The van der Waals surface area contributed by atoms with Gasteiger partial charge in [0.15, 0.2) is 0 Å². The summed E-state index contributed by atoms with van der Waals surface area (Å²) in [5, 5.41) is 2.75. The molecule has 1 unspecified atom stereocenters. The van der Waals surface area contributed by atoms with Crippen LogP contribution in [-0.2, 0) is 27.2 Å². The molecule has 0 aliphatic heterocycles. The Morgan fingerprint density at radius 3 is 2.30 bits per heavy atom. The average Bonchev–Trinajstić information content (AvgIpc) is 3.59. The van der Waals surface area contributed by atoms with Crippen LogP contribution in [0.15, 0.2) is 17.5 Å². The van der Waals surface area contributed by atoms with Crippen LogP contribution < -0.4 is 4.90 Å². The Hall–Kier alpha value is -2.43. The monoisotopic (exact) mass is 677 g/mol. The molecule has 44 heavy (non-hydrogen) atoms. The molecule has 3 aromatic rings. The first-order chi connectivity index (χ1) is 20.4. The predicted octanol–water partition coefficient (Wildman–Crippen LogP) is 9.15. The van der Waals surface area contributed by atoms with Crippen molar-refractivity contribution in [2.45, 2.75) is 111 Å². The Labute approximate surface area is 275 Å². The molecule has 8 nitrogen and oxygen atoms in total. The molecule has 0 bridgehead atoms. The molecule has 3 rings (SSSR count). The third-order valence-electron chi connectivity index (χ3n) is 6.31. The van der Waals surface area contributed by atoms with Gasteiger partial charge in [-0.05, 0) is 90.0 Å². The Balaban J connectivity index is 1.96. The van der Waals surface area contributed by atoms with Crippen LogP contribution in [0.25, 0.3) is 10.2 Å². The lowest BCUT2D eigenvalue weighted by atomic mass is 10.1. The van der Waals surface area contributed by atoms with Gasteiger partial charge < -0.3 is 14.2 Å². The van der Waals surface area contributed by atoms with Crippen LogP contribution in [-0.4, -0.2) is 60.1 Å². The fraction of sp³-hybridized carbons (Fsp3) is 0.594. The van der Waals surface area contributed by atoms with Crippen LogP contribution in [0, 0.1) is 18.8 Å². The lowest BCUT2D eigenvalue weighted by molar-refractivity contribution is -0.0183. The van der Waals surface area contributed by atoms with Gasteiger partial charge in [0, 0.05) is 30.9 Å². The topological polar surface area (TPSA) is 81.2 Å². The second-order valence-electron chi connectivity index (χ2n) is 13.9. The largest absolute Gasteiger partial charge is 0.444 e. The smallest absolute Gasteiger partial charge is 0.415 e. The summed E-state index contributed by atoms with van der Waals surface area (Å²) >= 11 is 4.48. The molecular formula is C32H47N3O5S3Si. The minimum absolute atomic E-state index is 0.0910. The van der Waals surface area contributed by atoms with Crippen molar-refractivity contribution in [1.29, 1.82) is 0 Å². The van der Waals surface area contributed by atoms with Crippen molar-refractivity contribution in [3.8, 4) is 11.8 Å². The van der Waals surface area contributed by atoms with Crippen molar-refractivity contribution in [3.05, 3.63) is 32.8 Å². The number of fused-ring (bicyclic) bond motifs is 1. The summed E-state index contributed by atoms with van der Waals surface area (Å²) in [5.74, 6) is 6.25. The van der Waals surface area contributed by atoms with Crippen LogP contribution in [0.2, 0.25) is 25.7 Å². The van der Waals surface area contributed by atoms with E-state index >= 15 is 0 Å². The van der Waals surface area contributed by atoms with Gasteiger partial charge in [0.25, 0.3) is 0 Å². The minimum atomic E-state index is -1.30. The highest BCUT2D eigenvalue weighted by Gasteiger charge is 2.32. The minimum Gasteiger partial charge on any atom is -0.444 e. The van der Waals surface area contributed by atoms with E-state index in [9.17, 15) is 9.59 Å². The summed E-state index contributed by atoms with van der Waals surface area (Å²) in [5.41, 5.74) is 0.563. The number of aromatic nitrogens is 1. The number of hydrogen-bond donors (Lipinski definition) is 0. The molecule has 0 aliphatic carbocycles. The van der Waals surface area contributed by atoms with Crippen molar-refractivity contribution in [1.82, 2.24) is 9.27 Å². The SMILES string of the molecule is CC#CC(Cc1sc2c(N(Cc3cccs3)C(=O)OC(C)(C)C)snc2c1C)N(COCC[Si](C)(C)C)C(=O)OC(C)(C)C. The number of carbonyl (C=O) groups excluding carboxylic acids is 2. The van der Waals surface area contributed by atoms with Crippen molar-refractivity contribution < 1.29 is 23.8 Å². The third kappa shape index (κ3) is 10.6. The number of rotatable bonds is 11. The average molecular weight is 678 g/mol. The first kappa shape index (κ1) is 36.0. The molecule has 0 saturated carbocycles. The van der Waals surface area contributed by atoms with Gasteiger partial charge in [0.05, 0.1) is 11.2 Å². The fourth-order valence-corrected chi connectivity index (χ4v) is 7.91. The number of hydrogen-bond acceptors (Lipinski definition) is 9. The Kier molecular flexibility index (Phi) is 12.1. The molecule has 0 spiro atoms. The molecule has 0 saturated heterocycles. The van der Waals surface area contributed by atoms with E-state index in [1.807, 2.05) is 66.0 Å². The molecule has 2 amide bonds. The standard InChI is InChI=1S/C32H47N3O5S3Si/c1-12-14-23(35(30(37)40-32(6,7)8)21-38-16-18-44(9,10)11)19-25-22(2)26-27(42-25)28(43-33-26)34(20-24-15-13-17-41-24)29(36)39-31(3,4)5/h13,15,17,23H,16,18-21H2,1-11H3. The van der Waals surface area contributed by atoms with Gasteiger partial charge >= 0.3 is 12.2 Å². The van der Waals surface area contributed by atoms with Crippen molar-refractivity contribution in [2.24, 2.45) is 0 Å². The van der Waals surface area contributed by atoms with E-state index in [1.54, 1.807) is 39.4 Å². The van der Waals surface area contributed by atoms with Crippen LogP contribution in [0.4, 0.5) is 14.6 Å². The summed E-state index contributed by atoms with van der Waals surface area (Å²) in [6.07, 6.45) is -0.392. The lowest BCUT2D eigenvalue weighted by Crippen LogP contribution is -2.45. The highest BCUT2D eigenvalue weighted by atomic mass is 32.1. The number of amides is 2. The van der Waals surface area contributed by atoms with Crippen LogP contribution in [0.3, 0.4) is 0 Å². The van der Waals surface area contributed by atoms with Crippen LogP contribution >= 0.6 is 34.2 Å². The maximum Gasteiger partial charge on any atom is 0.415 e. The lowest BCUT2D eigenvalue weighted by Gasteiger charge is -2.31. The van der Waals surface area contributed by atoms with Crippen molar-refractivity contribution in [2.75, 3.05) is 18.2 Å². The molecule has 0 fully saturated rings. The quantitative estimate of drug-likeness (QED) is 0.0872. The van der Waals surface area contributed by atoms with Crippen LogP contribution in [0.5, 0.6) is 0 Å². The number of thiophene rings is 2. The maximum absolute atomic E-state index is 13.5. The van der Waals surface area contributed by atoms with E-state index in [4.69, 9.17) is 18.6 Å². The molecular weight excluding hydrogens is 631 g/mol. The van der Waals surface area contributed by atoms with Gasteiger partial charge in [-0.15, -0.1) is 28.6 Å². The molecule has 0 N–H and O–H groups in total. The Morgan fingerprint density at radius 2 is 1.73 bits per heavy atom. The highest BCUT2D eigenvalue weighted by molar-refractivity contribution is 7.25. The summed E-state index contributed by atoms with van der Waals surface area (Å²) in [4.78, 5) is 32.3. The first-order valence-electron chi connectivity index (χ1n) is 14.8. The predicted molar refractivity (Wildman–Crippen MR) is 187 cm³/mol. The van der Waals surface area contributed by atoms with Crippen LogP contribution in [0.1, 0.15) is 63.8 Å². The molecule has 0 aromatic carbocycles. The summed E-state index contributed by atoms with van der Waals surface area (Å²) in [6, 6.07) is 4.51. The van der Waals surface area contributed by atoms with E-state index < -0.39 is 37.5 Å². The Bertz CT molecular complexity index is 1470. The fourth-order valence-electron chi connectivity index (χ4n) is 4.11. The molecule has 242 valence electrons. The summed E-state index contributed by atoms with van der Waals surface area (Å²) < 4.78 is 23.3. The normalized spacial score (nSPS) is 12.9. The highest BCUT2D eigenvalue weighted by Crippen LogP contribution is 2.42. The molecule has 12 heteroatoms. The Morgan fingerprint density at radius 1 is 1.07 bits per heavy atom. The molecule has 0 radical (unpaired) electrons. The van der Waals surface area contributed by atoms with E-state index in [1.165, 1.54) is 11.5 Å². The van der Waals surface area contributed by atoms with E-state index in [0.717, 1.165) is 36.6 Å². The zero-order chi connectivity index (χ0) is 32.9. The number of anilines is 1. The molecule has 3 aromatic heterocycles. The number of ether oxygens (including phenoxy) is 3. The van der Waals surface area contributed by atoms with Gasteiger partial charge in [-0.3, -0.25) is 9.80 Å². The molecule has 0 aliphatic rings. The summed E-state index contributed by atoms with van der Waals surface area (Å²) in [7, 11) is -1.30. The van der Waals surface area contributed by atoms with E-state index in [0.29, 0.717) is 19.6 Å².